The smallest absolute Gasteiger partial charge is 0.0346 e. The fraction of sp³-hybridized carbons (Fsp3) is 0.400. The Balaban J connectivity index is 2.56. The molecule has 1 aliphatic rings. The molecule has 1 unspecified atom stereocenters. The molecule has 1 aromatic rings. The van der Waals surface area contributed by atoms with Crippen LogP contribution in [0.2, 0.25) is 0 Å². The molecular weight excluding hydrogens is 148 g/mol. The van der Waals surface area contributed by atoms with Crippen LogP contribution in [0.3, 0.4) is 0 Å². The summed E-state index contributed by atoms with van der Waals surface area (Å²) in [6, 6.07) is 4.43. The molecule has 0 fully saturated rings. The molecule has 0 heterocycles. The molecule has 0 spiro atoms. The van der Waals surface area contributed by atoms with Crippen LogP contribution in [-0.4, -0.2) is 0 Å². The van der Waals surface area contributed by atoms with Crippen molar-refractivity contribution in [1.29, 1.82) is 0 Å². The fourth-order valence-corrected chi connectivity index (χ4v) is 1.82. The minimum atomic E-state index is 0.235. The zero-order valence-electron chi connectivity index (χ0n) is 7.30. The zero-order chi connectivity index (χ0) is 8.72. The molecule has 0 saturated heterocycles. The lowest BCUT2D eigenvalue weighted by atomic mass is 10.0. The van der Waals surface area contributed by atoms with Crippen molar-refractivity contribution in [3.05, 3.63) is 28.8 Å². The van der Waals surface area contributed by atoms with Gasteiger partial charge in [0, 0.05) is 11.7 Å². The topological polar surface area (TPSA) is 52.0 Å². The van der Waals surface area contributed by atoms with Crippen LogP contribution in [0.15, 0.2) is 12.1 Å². The number of hydrogen-bond donors (Lipinski definition) is 2. The summed E-state index contributed by atoms with van der Waals surface area (Å²) in [5.41, 5.74) is 16.4. The highest BCUT2D eigenvalue weighted by Crippen LogP contribution is 2.32. The molecule has 0 amide bonds. The van der Waals surface area contributed by atoms with Gasteiger partial charge in [0.15, 0.2) is 0 Å². The highest BCUT2D eigenvalue weighted by atomic mass is 14.7. The maximum absolute atomic E-state index is 5.92. The molecule has 0 saturated carbocycles. The van der Waals surface area contributed by atoms with Gasteiger partial charge < -0.3 is 11.5 Å². The maximum atomic E-state index is 5.92. The molecular formula is C10H14N2. The Kier molecular flexibility index (Phi) is 1.58. The van der Waals surface area contributed by atoms with Crippen LogP contribution in [0.4, 0.5) is 5.69 Å². The number of fused-ring (bicyclic) bond motifs is 1. The molecule has 4 N–H and O–H groups in total. The van der Waals surface area contributed by atoms with Crippen molar-refractivity contribution in [3.63, 3.8) is 0 Å². The number of benzene rings is 1. The van der Waals surface area contributed by atoms with Gasteiger partial charge in [0.2, 0.25) is 0 Å². The van der Waals surface area contributed by atoms with Crippen molar-refractivity contribution >= 4 is 5.69 Å². The van der Waals surface area contributed by atoms with E-state index >= 15 is 0 Å². The average molecular weight is 162 g/mol. The third-order valence-corrected chi connectivity index (χ3v) is 2.65. The quantitative estimate of drug-likeness (QED) is 0.568. The predicted octanol–water partition coefficient (Wildman–Crippen LogP) is 1.52. The number of nitrogens with two attached hydrogens (primary N) is 2. The van der Waals surface area contributed by atoms with Crippen molar-refractivity contribution in [2.24, 2.45) is 5.73 Å². The largest absolute Gasteiger partial charge is 0.399 e. The summed E-state index contributed by atoms with van der Waals surface area (Å²) in [5, 5.41) is 0. The molecule has 2 heteroatoms. The SMILES string of the molecule is Cc1cc2c(cc1N)CCC2N. The first-order valence-corrected chi connectivity index (χ1v) is 4.33. The molecule has 0 aromatic heterocycles. The maximum Gasteiger partial charge on any atom is 0.0346 e. The van der Waals surface area contributed by atoms with Crippen LogP contribution < -0.4 is 11.5 Å². The van der Waals surface area contributed by atoms with Gasteiger partial charge >= 0.3 is 0 Å². The van der Waals surface area contributed by atoms with Crippen molar-refractivity contribution in [1.82, 2.24) is 0 Å². The Labute approximate surface area is 72.6 Å². The van der Waals surface area contributed by atoms with Crippen LogP contribution >= 0.6 is 0 Å². The summed E-state index contributed by atoms with van der Waals surface area (Å²) >= 11 is 0. The lowest BCUT2D eigenvalue weighted by molar-refractivity contribution is 0.713. The van der Waals surface area contributed by atoms with Crippen molar-refractivity contribution in [3.8, 4) is 0 Å². The molecule has 1 atom stereocenters. The summed E-state index contributed by atoms with van der Waals surface area (Å²) in [6.45, 7) is 2.03. The molecule has 12 heavy (non-hydrogen) atoms. The number of anilines is 1. The monoisotopic (exact) mass is 162 g/mol. The van der Waals surface area contributed by atoms with E-state index in [0.29, 0.717) is 0 Å². The second-order valence-corrected chi connectivity index (χ2v) is 3.55. The lowest BCUT2D eigenvalue weighted by Gasteiger charge is -2.07. The Morgan fingerprint density at radius 2 is 2.17 bits per heavy atom. The van der Waals surface area contributed by atoms with Gasteiger partial charge in [-0.3, -0.25) is 0 Å². The van der Waals surface area contributed by atoms with Gasteiger partial charge in [-0.25, -0.2) is 0 Å². The van der Waals surface area contributed by atoms with Gasteiger partial charge in [0.25, 0.3) is 0 Å². The summed E-state index contributed by atoms with van der Waals surface area (Å²) in [4.78, 5) is 0. The molecule has 64 valence electrons. The Morgan fingerprint density at radius 3 is 2.92 bits per heavy atom. The van der Waals surface area contributed by atoms with Crippen LogP contribution in [0, 0.1) is 6.92 Å². The van der Waals surface area contributed by atoms with Crippen LogP contribution in [0.25, 0.3) is 0 Å². The van der Waals surface area contributed by atoms with Crippen molar-refractivity contribution < 1.29 is 0 Å². The molecule has 0 aliphatic heterocycles. The Morgan fingerprint density at radius 1 is 1.42 bits per heavy atom. The fourth-order valence-electron chi connectivity index (χ4n) is 1.82. The molecule has 1 aliphatic carbocycles. The number of nitrogen functional groups attached to an aromatic ring is 1. The van der Waals surface area contributed by atoms with Gasteiger partial charge in [0.05, 0.1) is 0 Å². The summed E-state index contributed by atoms with van der Waals surface area (Å²) in [7, 11) is 0. The number of aryl methyl sites for hydroxylation is 2. The van der Waals surface area contributed by atoms with E-state index in [1.54, 1.807) is 0 Å². The van der Waals surface area contributed by atoms with Crippen LogP contribution in [-0.2, 0) is 6.42 Å². The van der Waals surface area contributed by atoms with E-state index in [0.717, 1.165) is 24.1 Å². The van der Waals surface area contributed by atoms with E-state index in [1.807, 2.05) is 6.92 Å². The van der Waals surface area contributed by atoms with E-state index in [2.05, 4.69) is 12.1 Å². The third kappa shape index (κ3) is 0.994. The summed E-state index contributed by atoms with van der Waals surface area (Å²) in [5.74, 6) is 0. The molecule has 0 radical (unpaired) electrons. The molecule has 2 nitrogen and oxygen atoms in total. The summed E-state index contributed by atoms with van der Waals surface area (Å²) in [6.07, 6.45) is 2.15. The second kappa shape index (κ2) is 2.49. The van der Waals surface area contributed by atoms with Gasteiger partial charge in [-0.1, -0.05) is 6.07 Å². The first kappa shape index (κ1) is 7.62. The summed E-state index contributed by atoms with van der Waals surface area (Å²) < 4.78 is 0. The van der Waals surface area contributed by atoms with Crippen LogP contribution in [0.1, 0.15) is 29.2 Å². The van der Waals surface area contributed by atoms with Gasteiger partial charge in [-0.05, 0) is 42.5 Å². The molecule has 1 aromatic carbocycles. The Bertz CT molecular complexity index is 318. The van der Waals surface area contributed by atoms with Crippen molar-refractivity contribution in [2.75, 3.05) is 5.73 Å². The Hall–Kier alpha value is -1.02. The van der Waals surface area contributed by atoms with Gasteiger partial charge in [-0.15, -0.1) is 0 Å². The minimum Gasteiger partial charge on any atom is -0.399 e. The van der Waals surface area contributed by atoms with E-state index in [4.69, 9.17) is 11.5 Å². The van der Waals surface area contributed by atoms with E-state index in [9.17, 15) is 0 Å². The first-order valence-electron chi connectivity index (χ1n) is 4.33. The van der Waals surface area contributed by atoms with Crippen molar-refractivity contribution in [2.45, 2.75) is 25.8 Å². The normalized spacial score (nSPS) is 21.0. The van der Waals surface area contributed by atoms with Gasteiger partial charge in [-0.2, -0.15) is 0 Å². The highest BCUT2D eigenvalue weighted by molar-refractivity contribution is 5.53. The second-order valence-electron chi connectivity index (χ2n) is 3.55. The minimum absolute atomic E-state index is 0.235. The number of hydrogen-bond acceptors (Lipinski definition) is 2. The van der Waals surface area contributed by atoms with E-state index in [1.165, 1.54) is 11.1 Å². The average Bonchev–Trinajstić information content (AvgIpc) is 2.35. The molecule has 0 bridgehead atoms. The third-order valence-electron chi connectivity index (χ3n) is 2.65. The molecule has 2 rings (SSSR count). The first-order chi connectivity index (χ1) is 5.68. The lowest BCUT2D eigenvalue weighted by Crippen LogP contribution is -2.05. The van der Waals surface area contributed by atoms with Crippen LogP contribution in [0.5, 0.6) is 0 Å². The van der Waals surface area contributed by atoms with Gasteiger partial charge in [0.1, 0.15) is 0 Å². The van der Waals surface area contributed by atoms with E-state index in [-0.39, 0.29) is 6.04 Å². The number of rotatable bonds is 0. The highest BCUT2D eigenvalue weighted by Gasteiger charge is 2.19. The predicted molar refractivity (Wildman–Crippen MR) is 50.8 cm³/mol. The standard InChI is InChI=1S/C10H14N2/c1-6-4-8-7(5-10(6)12)2-3-9(8)11/h4-5,9H,2-3,11-12H2,1H3. The zero-order valence-corrected chi connectivity index (χ0v) is 7.30. The van der Waals surface area contributed by atoms with E-state index < -0.39 is 0 Å².